The van der Waals surface area contributed by atoms with Crippen LogP contribution < -0.4 is 11.1 Å². The maximum atomic E-state index is 12.3. The molecule has 2 heterocycles. The van der Waals surface area contributed by atoms with Gasteiger partial charge in [-0.05, 0) is 31.0 Å². The lowest BCUT2D eigenvalue weighted by Crippen LogP contribution is -2.47. The number of nitrogens with two attached hydrogens (primary N) is 1. The van der Waals surface area contributed by atoms with E-state index in [1.165, 1.54) is 11.8 Å². The fourth-order valence-corrected chi connectivity index (χ4v) is 3.03. The Kier molecular flexibility index (Phi) is 5.10. The summed E-state index contributed by atoms with van der Waals surface area (Å²) in [4.78, 5) is 14.7. The van der Waals surface area contributed by atoms with E-state index in [0.29, 0.717) is 17.9 Å². The lowest BCUT2D eigenvalue weighted by molar-refractivity contribution is 0.0900. The molecule has 0 bridgehead atoms. The molecule has 3 N–H and O–H groups in total. The largest absolute Gasteiger partial charge is 0.467 e. The molecule has 1 atom stereocenters. The number of carbonyl (C=O) groups is 1. The Hall–Kier alpha value is -2.11. The summed E-state index contributed by atoms with van der Waals surface area (Å²) in [6.45, 7) is 3.18. The van der Waals surface area contributed by atoms with Crippen LogP contribution in [0.5, 0.6) is 0 Å². The van der Waals surface area contributed by atoms with Crippen LogP contribution in [-0.4, -0.2) is 29.9 Å². The van der Waals surface area contributed by atoms with Crippen molar-refractivity contribution >= 4 is 5.91 Å². The summed E-state index contributed by atoms with van der Waals surface area (Å²) in [6, 6.07) is 12.3. The van der Waals surface area contributed by atoms with E-state index in [1.54, 1.807) is 6.07 Å². The molecule has 5 nitrogen and oxygen atoms in total. The zero-order valence-corrected chi connectivity index (χ0v) is 13.2. The molecule has 1 aromatic carbocycles. The van der Waals surface area contributed by atoms with Gasteiger partial charge in [0.1, 0.15) is 12.0 Å². The Morgan fingerprint density at radius 1 is 1.35 bits per heavy atom. The first kappa shape index (κ1) is 15.8. The topological polar surface area (TPSA) is 71.5 Å². The maximum Gasteiger partial charge on any atom is 0.254 e. The number of furan rings is 1. The van der Waals surface area contributed by atoms with E-state index >= 15 is 0 Å². The highest BCUT2D eigenvalue weighted by molar-refractivity contribution is 5.94. The van der Waals surface area contributed by atoms with E-state index in [2.05, 4.69) is 34.5 Å². The lowest BCUT2D eigenvalue weighted by atomic mass is 10.0. The second-order valence-corrected chi connectivity index (χ2v) is 6.04. The number of rotatable bonds is 5. The molecule has 1 amide bonds. The summed E-state index contributed by atoms with van der Waals surface area (Å²) in [7, 11) is 0. The molecule has 0 saturated carbocycles. The van der Waals surface area contributed by atoms with Gasteiger partial charge in [0, 0.05) is 19.1 Å². The number of likely N-dealkylation sites (tertiary alicyclic amines) is 1. The molecular formula is C18H23N3O2. The van der Waals surface area contributed by atoms with Crippen LogP contribution in [0.25, 0.3) is 0 Å². The predicted molar refractivity (Wildman–Crippen MR) is 88.8 cm³/mol. The Morgan fingerprint density at radius 2 is 2.17 bits per heavy atom. The van der Waals surface area contributed by atoms with Crippen molar-refractivity contribution < 1.29 is 9.21 Å². The zero-order valence-electron chi connectivity index (χ0n) is 13.2. The van der Waals surface area contributed by atoms with Crippen molar-refractivity contribution in [2.45, 2.75) is 32.0 Å². The van der Waals surface area contributed by atoms with Gasteiger partial charge in [0.2, 0.25) is 0 Å². The quantitative estimate of drug-likeness (QED) is 0.887. The molecule has 1 aromatic heterocycles. The summed E-state index contributed by atoms with van der Waals surface area (Å²) >= 11 is 0. The second kappa shape index (κ2) is 7.44. The van der Waals surface area contributed by atoms with Gasteiger partial charge >= 0.3 is 0 Å². The van der Waals surface area contributed by atoms with Crippen molar-refractivity contribution in [3.05, 3.63) is 59.5 Å². The third-order valence-corrected chi connectivity index (χ3v) is 4.21. The summed E-state index contributed by atoms with van der Waals surface area (Å²) < 4.78 is 5.23. The van der Waals surface area contributed by atoms with Gasteiger partial charge in [-0.3, -0.25) is 9.69 Å². The predicted octanol–water partition coefficient (Wildman–Crippen LogP) is 2.13. The molecule has 2 aromatic rings. The number of amides is 1. The van der Waals surface area contributed by atoms with Gasteiger partial charge in [-0.15, -0.1) is 0 Å². The minimum absolute atomic E-state index is 0.0833. The van der Waals surface area contributed by atoms with Crippen LogP contribution >= 0.6 is 0 Å². The molecule has 122 valence electrons. The van der Waals surface area contributed by atoms with Crippen LogP contribution in [0.1, 0.15) is 34.5 Å². The van der Waals surface area contributed by atoms with Crippen LogP contribution in [0.2, 0.25) is 0 Å². The summed E-state index contributed by atoms with van der Waals surface area (Å²) in [6.07, 6.45) is 3.58. The molecule has 5 heteroatoms. The molecular weight excluding hydrogens is 290 g/mol. The van der Waals surface area contributed by atoms with Crippen LogP contribution in [0.3, 0.4) is 0 Å². The van der Waals surface area contributed by atoms with Gasteiger partial charge in [-0.2, -0.15) is 0 Å². The van der Waals surface area contributed by atoms with Crippen molar-refractivity contribution in [3.8, 4) is 0 Å². The molecule has 0 radical (unpaired) electrons. The molecule has 1 aliphatic heterocycles. The van der Waals surface area contributed by atoms with Crippen molar-refractivity contribution in [3.63, 3.8) is 0 Å². The normalized spacial score (nSPS) is 18.7. The third-order valence-electron chi connectivity index (χ3n) is 4.21. The fraction of sp³-hybridized carbons (Fsp3) is 0.389. The van der Waals surface area contributed by atoms with Gasteiger partial charge in [-0.25, -0.2) is 0 Å². The SMILES string of the molecule is NCc1cc(C(=O)NC2CCCN(Cc3ccccc3)C2)co1. The van der Waals surface area contributed by atoms with E-state index in [-0.39, 0.29) is 11.9 Å². The number of benzene rings is 1. The number of piperidine rings is 1. The summed E-state index contributed by atoms with van der Waals surface area (Å²) in [5.74, 6) is 0.546. The molecule has 1 saturated heterocycles. The average molecular weight is 313 g/mol. The molecule has 3 rings (SSSR count). The fourth-order valence-electron chi connectivity index (χ4n) is 3.03. The first-order chi connectivity index (χ1) is 11.2. The van der Waals surface area contributed by atoms with E-state index < -0.39 is 0 Å². The van der Waals surface area contributed by atoms with E-state index in [1.807, 2.05) is 6.07 Å². The lowest BCUT2D eigenvalue weighted by Gasteiger charge is -2.33. The highest BCUT2D eigenvalue weighted by atomic mass is 16.3. The number of nitrogens with zero attached hydrogens (tertiary/aromatic N) is 1. The smallest absolute Gasteiger partial charge is 0.254 e. The van der Waals surface area contributed by atoms with Crippen molar-refractivity contribution in [1.29, 1.82) is 0 Å². The summed E-state index contributed by atoms with van der Waals surface area (Å²) in [5, 5.41) is 3.11. The van der Waals surface area contributed by atoms with Crippen molar-refractivity contribution in [1.82, 2.24) is 10.2 Å². The van der Waals surface area contributed by atoms with E-state index in [4.69, 9.17) is 10.2 Å². The zero-order chi connectivity index (χ0) is 16.1. The second-order valence-electron chi connectivity index (χ2n) is 6.04. The van der Waals surface area contributed by atoms with E-state index in [0.717, 1.165) is 32.5 Å². The molecule has 1 unspecified atom stereocenters. The first-order valence-corrected chi connectivity index (χ1v) is 8.09. The monoisotopic (exact) mass is 313 g/mol. The standard InChI is InChI=1S/C18H23N3O2/c19-10-17-9-15(13-23-17)18(22)20-16-7-4-8-21(12-16)11-14-5-2-1-3-6-14/h1-3,5-6,9,13,16H,4,7-8,10-12,19H2,(H,20,22). The van der Waals surface area contributed by atoms with Gasteiger partial charge in [0.25, 0.3) is 5.91 Å². The van der Waals surface area contributed by atoms with Crippen molar-refractivity contribution in [2.75, 3.05) is 13.1 Å². The van der Waals surface area contributed by atoms with Gasteiger partial charge < -0.3 is 15.5 Å². The molecule has 0 aliphatic carbocycles. The molecule has 0 spiro atoms. The van der Waals surface area contributed by atoms with Crippen LogP contribution in [0, 0.1) is 0 Å². The Labute approximate surface area is 136 Å². The first-order valence-electron chi connectivity index (χ1n) is 8.09. The van der Waals surface area contributed by atoms with E-state index in [9.17, 15) is 4.79 Å². The average Bonchev–Trinajstić information content (AvgIpc) is 3.05. The van der Waals surface area contributed by atoms with Crippen LogP contribution in [0.4, 0.5) is 0 Å². The highest BCUT2D eigenvalue weighted by Crippen LogP contribution is 2.15. The number of hydrogen-bond acceptors (Lipinski definition) is 4. The molecule has 1 aliphatic rings. The van der Waals surface area contributed by atoms with Crippen LogP contribution in [0.15, 0.2) is 47.1 Å². The maximum absolute atomic E-state index is 12.3. The summed E-state index contributed by atoms with van der Waals surface area (Å²) in [5.41, 5.74) is 7.36. The van der Waals surface area contributed by atoms with Gasteiger partial charge in [0.15, 0.2) is 0 Å². The number of hydrogen-bond donors (Lipinski definition) is 2. The van der Waals surface area contributed by atoms with Crippen LogP contribution in [-0.2, 0) is 13.1 Å². The number of carbonyl (C=O) groups excluding carboxylic acids is 1. The van der Waals surface area contributed by atoms with Gasteiger partial charge in [0.05, 0.1) is 12.1 Å². The Bertz CT molecular complexity index is 639. The third kappa shape index (κ3) is 4.21. The Morgan fingerprint density at radius 3 is 2.91 bits per heavy atom. The highest BCUT2D eigenvalue weighted by Gasteiger charge is 2.22. The molecule has 23 heavy (non-hydrogen) atoms. The minimum Gasteiger partial charge on any atom is -0.467 e. The Balaban J connectivity index is 1.55. The molecule has 1 fully saturated rings. The van der Waals surface area contributed by atoms with Crippen molar-refractivity contribution in [2.24, 2.45) is 5.73 Å². The minimum atomic E-state index is -0.0833. The number of nitrogens with one attached hydrogen (secondary N) is 1. The van der Waals surface area contributed by atoms with Gasteiger partial charge in [-0.1, -0.05) is 30.3 Å².